The molecule has 1 aromatic rings. The van der Waals surface area contributed by atoms with Crippen LogP contribution in [0.2, 0.25) is 4.34 Å². The molecule has 1 aliphatic rings. The number of thiophene rings is 1. The van der Waals surface area contributed by atoms with Crippen LogP contribution in [-0.2, 0) is 0 Å². The van der Waals surface area contributed by atoms with Crippen molar-refractivity contribution < 1.29 is 0 Å². The number of halogens is 1. The summed E-state index contributed by atoms with van der Waals surface area (Å²) in [5.41, 5.74) is 6.19. The molecule has 0 bridgehead atoms. The molecule has 3 nitrogen and oxygen atoms in total. The Kier molecular flexibility index (Phi) is 5.26. The second-order valence-electron chi connectivity index (χ2n) is 5.80. The Hall–Kier alpha value is -0.130. The highest BCUT2D eigenvalue weighted by Crippen LogP contribution is 2.32. The standard InChI is InChI=1S/C14H24ClN3S/c1-10(16)14(12-4-5-13(15)19-12)18(3)9-11-6-7-17(2)8-11/h4-5,10-11,14H,6-9,16H2,1-3H3. The van der Waals surface area contributed by atoms with Crippen LogP contribution >= 0.6 is 22.9 Å². The monoisotopic (exact) mass is 301 g/mol. The van der Waals surface area contributed by atoms with Gasteiger partial charge in [-0.25, -0.2) is 0 Å². The summed E-state index contributed by atoms with van der Waals surface area (Å²) >= 11 is 7.70. The zero-order valence-electron chi connectivity index (χ0n) is 12.0. The van der Waals surface area contributed by atoms with Crippen molar-refractivity contribution >= 4 is 22.9 Å². The van der Waals surface area contributed by atoms with Crippen LogP contribution in [0.25, 0.3) is 0 Å². The summed E-state index contributed by atoms with van der Waals surface area (Å²) in [6, 6.07) is 4.45. The largest absolute Gasteiger partial charge is 0.326 e. The summed E-state index contributed by atoms with van der Waals surface area (Å²) in [4.78, 5) is 6.08. The minimum Gasteiger partial charge on any atom is -0.326 e. The fraction of sp³-hybridized carbons (Fsp3) is 0.714. The number of nitrogens with zero attached hydrogens (tertiary/aromatic N) is 2. The molecule has 2 heterocycles. The van der Waals surface area contributed by atoms with E-state index < -0.39 is 0 Å². The van der Waals surface area contributed by atoms with Gasteiger partial charge in [-0.3, -0.25) is 4.90 Å². The number of nitrogens with two attached hydrogens (primary N) is 1. The molecule has 3 atom stereocenters. The second-order valence-corrected chi connectivity index (χ2v) is 7.55. The lowest BCUT2D eigenvalue weighted by molar-refractivity contribution is 0.190. The van der Waals surface area contributed by atoms with Crippen molar-refractivity contribution in [2.45, 2.75) is 25.4 Å². The smallest absolute Gasteiger partial charge is 0.0931 e. The van der Waals surface area contributed by atoms with Gasteiger partial charge in [-0.2, -0.15) is 0 Å². The zero-order valence-corrected chi connectivity index (χ0v) is 13.5. The molecule has 0 radical (unpaired) electrons. The molecule has 2 N–H and O–H groups in total. The van der Waals surface area contributed by atoms with Gasteiger partial charge in [-0.1, -0.05) is 11.6 Å². The third kappa shape index (κ3) is 3.92. The molecule has 1 saturated heterocycles. The highest BCUT2D eigenvalue weighted by atomic mass is 35.5. The van der Waals surface area contributed by atoms with Crippen molar-refractivity contribution in [3.63, 3.8) is 0 Å². The predicted octanol–water partition coefficient (Wildman–Crippen LogP) is 2.67. The molecule has 0 aliphatic carbocycles. The molecule has 108 valence electrons. The van der Waals surface area contributed by atoms with Crippen LogP contribution in [0.4, 0.5) is 0 Å². The van der Waals surface area contributed by atoms with Crippen molar-refractivity contribution in [3.05, 3.63) is 21.3 Å². The Morgan fingerprint density at radius 1 is 1.58 bits per heavy atom. The van der Waals surface area contributed by atoms with Crippen molar-refractivity contribution in [2.24, 2.45) is 11.7 Å². The number of likely N-dealkylation sites (tertiary alicyclic amines) is 1. The first-order valence-electron chi connectivity index (χ1n) is 6.87. The van der Waals surface area contributed by atoms with Crippen molar-refractivity contribution in [1.29, 1.82) is 0 Å². The van der Waals surface area contributed by atoms with Gasteiger partial charge in [0.15, 0.2) is 0 Å². The van der Waals surface area contributed by atoms with E-state index in [2.05, 4.69) is 36.9 Å². The molecule has 19 heavy (non-hydrogen) atoms. The molecular weight excluding hydrogens is 278 g/mol. The van der Waals surface area contributed by atoms with Gasteiger partial charge in [-0.05, 0) is 52.0 Å². The maximum atomic E-state index is 6.19. The van der Waals surface area contributed by atoms with Crippen molar-refractivity contribution in [1.82, 2.24) is 9.80 Å². The number of rotatable bonds is 5. The van der Waals surface area contributed by atoms with Crippen LogP contribution in [0.1, 0.15) is 24.3 Å². The third-order valence-electron chi connectivity index (χ3n) is 3.89. The van der Waals surface area contributed by atoms with Gasteiger partial charge in [0.1, 0.15) is 0 Å². The molecule has 5 heteroatoms. The number of likely N-dealkylation sites (N-methyl/N-ethyl adjacent to an activating group) is 1. The summed E-state index contributed by atoms with van der Waals surface area (Å²) < 4.78 is 0.842. The van der Waals surface area contributed by atoms with E-state index in [0.29, 0.717) is 0 Å². The lowest BCUT2D eigenvalue weighted by atomic mass is 10.0. The van der Waals surface area contributed by atoms with E-state index in [1.54, 1.807) is 11.3 Å². The predicted molar refractivity (Wildman–Crippen MR) is 84.0 cm³/mol. The Labute approximate surface area is 125 Å². The van der Waals surface area contributed by atoms with Gasteiger partial charge in [0, 0.05) is 24.0 Å². The normalized spacial score (nSPS) is 24.0. The van der Waals surface area contributed by atoms with E-state index in [4.69, 9.17) is 17.3 Å². The van der Waals surface area contributed by atoms with Crippen LogP contribution < -0.4 is 5.73 Å². The van der Waals surface area contributed by atoms with E-state index in [1.165, 1.54) is 24.4 Å². The van der Waals surface area contributed by atoms with Gasteiger partial charge in [-0.15, -0.1) is 11.3 Å². The van der Waals surface area contributed by atoms with Gasteiger partial charge >= 0.3 is 0 Å². The van der Waals surface area contributed by atoms with E-state index in [0.717, 1.165) is 16.8 Å². The molecule has 3 unspecified atom stereocenters. The van der Waals surface area contributed by atoms with E-state index >= 15 is 0 Å². The summed E-state index contributed by atoms with van der Waals surface area (Å²) in [6.45, 7) is 5.59. The highest BCUT2D eigenvalue weighted by Gasteiger charge is 2.27. The molecule has 1 aromatic heterocycles. The first-order valence-corrected chi connectivity index (χ1v) is 8.06. The molecule has 1 fully saturated rings. The topological polar surface area (TPSA) is 32.5 Å². The van der Waals surface area contributed by atoms with Crippen LogP contribution in [0.3, 0.4) is 0 Å². The summed E-state index contributed by atoms with van der Waals surface area (Å²) in [5.74, 6) is 0.756. The average Bonchev–Trinajstić information content (AvgIpc) is 2.88. The van der Waals surface area contributed by atoms with Crippen LogP contribution in [0.15, 0.2) is 12.1 Å². The molecular formula is C14H24ClN3S. The SMILES string of the molecule is CC(N)C(c1ccc(Cl)s1)N(C)CC1CCN(C)C1. The van der Waals surface area contributed by atoms with Gasteiger partial charge in [0.05, 0.1) is 10.4 Å². The summed E-state index contributed by atoms with van der Waals surface area (Å²) in [5, 5.41) is 0. The Morgan fingerprint density at radius 2 is 2.32 bits per heavy atom. The third-order valence-corrected chi connectivity index (χ3v) is 5.20. The fourth-order valence-corrected chi connectivity index (χ4v) is 4.40. The van der Waals surface area contributed by atoms with E-state index in [-0.39, 0.29) is 12.1 Å². The quantitative estimate of drug-likeness (QED) is 0.907. The van der Waals surface area contributed by atoms with Crippen LogP contribution in [0, 0.1) is 5.92 Å². The Morgan fingerprint density at radius 3 is 2.79 bits per heavy atom. The van der Waals surface area contributed by atoms with Gasteiger partial charge < -0.3 is 10.6 Å². The van der Waals surface area contributed by atoms with Crippen LogP contribution in [0.5, 0.6) is 0 Å². The molecule has 0 aromatic carbocycles. The van der Waals surface area contributed by atoms with Gasteiger partial charge in [0.25, 0.3) is 0 Å². The summed E-state index contributed by atoms with van der Waals surface area (Å²) in [6.07, 6.45) is 1.29. The maximum absolute atomic E-state index is 6.19. The summed E-state index contributed by atoms with van der Waals surface area (Å²) in [7, 11) is 4.38. The first-order chi connectivity index (χ1) is 8.97. The van der Waals surface area contributed by atoms with E-state index in [1.807, 2.05) is 6.07 Å². The minimum atomic E-state index is 0.110. The fourth-order valence-electron chi connectivity index (χ4n) is 3.06. The first kappa shape index (κ1) is 15.3. The van der Waals surface area contributed by atoms with Crippen molar-refractivity contribution in [2.75, 3.05) is 33.7 Å². The minimum absolute atomic E-state index is 0.110. The number of hydrogen-bond acceptors (Lipinski definition) is 4. The lowest BCUT2D eigenvalue weighted by Gasteiger charge is -2.32. The van der Waals surface area contributed by atoms with Crippen LogP contribution in [-0.4, -0.2) is 49.6 Å². The van der Waals surface area contributed by atoms with Gasteiger partial charge in [0.2, 0.25) is 0 Å². The zero-order chi connectivity index (χ0) is 14.0. The molecule has 0 amide bonds. The molecule has 0 saturated carbocycles. The van der Waals surface area contributed by atoms with E-state index in [9.17, 15) is 0 Å². The molecule has 1 aliphatic heterocycles. The molecule has 0 spiro atoms. The highest BCUT2D eigenvalue weighted by molar-refractivity contribution is 7.16. The Balaban J connectivity index is 2.02. The average molecular weight is 302 g/mol. The number of hydrogen-bond donors (Lipinski definition) is 1. The lowest BCUT2D eigenvalue weighted by Crippen LogP contribution is -2.39. The van der Waals surface area contributed by atoms with Crippen molar-refractivity contribution in [3.8, 4) is 0 Å². The second kappa shape index (κ2) is 6.55. The Bertz CT molecular complexity index is 407. The molecule has 2 rings (SSSR count). The maximum Gasteiger partial charge on any atom is 0.0931 e.